The number of benzene rings is 2. The Kier molecular flexibility index (Phi) is 5.39. The van der Waals surface area contributed by atoms with Crippen molar-refractivity contribution in [1.82, 2.24) is 0 Å². The summed E-state index contributed by atoms with van der Waals surface area (Å²) in [5, 5.41) is 1.02. The van der Waals surface area contributed by atoms with Crippen LogP contribution in [0, 0.1) is 0 Å². The van der Waals surface area contributed by atoms with Gasteiger partial charge in [-0.15, -0.1) is 0 Å². The molecule has 0 amide bonds. The molecule has 0 aliphatic rings. The van der Waals surface area contributed by atoms with E-state index in [4.69, 9.17) is 28.9 Å². The van der Waals surface area contributed by atoms with Crippen molar-refractivity contribution in [1.29, 1.82) is 0 Å². The van der Waals surface area contributed by atoms with Crippen molar-refractivity contribution in [2.24, 2.45) is 5.73 Å². The molecule has 0 aromatic heterocycles. The molecule has 0 saturated heterocycles. The molecule has 0 saturated carbocycles. The van der Waals surface area contributed by atoms with E-state index in [0.29, 0.717) is 22.0 Å². The summed E-state index contributed by atoms with van der Waals surface area (Å²) in [6, 6.07) is 11.0. The van der Waals surface area contributed by atoms with Gasteiger partial charge in [-0.1, -0.05) is 47.5 Å². The summed E-state index contributed by atoms with van der Waals surface area (Å²) < 4.78 is 29.3. The fourth-order valence-electron chi connectivity index (χ4n) is 2.02. The lowest BCUT2D eigenvalue weighted by atomic mass is 9.99. The third-order valence-electron chi connectivity index (χ3n) is 2.99. The van der Waals surface area contributed by atoms with Gasteiger partial charge in [0.2, 0.25) is 0 Å². The molecule has 112 valence electrons. The van der Waals surface area contributed by atoms with E-state index in [1.807, 2.05) is 0 Å². The van der Waals surface area contributed by atoms with Gasteiger partial charge in [0.1, 0.15) is 5.75 Å². The minimum Gasteiger partial charge on any atom is -0.434 e. The standard InChI is InChI=1S/C15H13Cl2F2NO/c16-10-6-5-9(12(17)8-10)7-13(20)11-3-1-2-4-14(11)21-15(18)19/h1-6,8,13,15H,7,20H2. The molecule has 0 bridgehead atoms. The second kappa shape index (κ2) is 7.07. The van der Waals surface area contributed by atoms with E-state index in [1.165, 1.54) is 6.07 Å². The van der Waals surface area contributed by atoms with Gasteiger partial charge in [-0.2, -0.15) is 8.78 Å². The van der Waals surface area contributed by atoms with E-state index in [9.17, 15) is 8.78 Å². The van der Waals surface area contributed by atoms with E-state index in [-0.39, 0.29) is 5.75 Å². The Morgan fingerprint density at radius 3 is 2.48 bits per heavy atom. The quantitative estimate of drug-likeness (QED) is 0.850. The Morgan fingerprint density at radius 1 is 1.10 bits per heavy atom. The summed E-state index contributed by atoms with van der Waals surface area (Å²) in [4.78, 5) is 0. The minimum absolute atomic E-state index is 0.0742. The Hall–Kier alpha value is -1.36. The number of hydrogen-bond acceptors (Lipinski definition) is 2. The van der Waals surface area contributed by atoms with Gasteiger partial charge in [-0.25, -0.2) is 0 Å². The maximum atomic E-state index is 12.4. The summed E-state index contributed by atoms with van der Waals surface area (Å²) in [6.07, 6.45) is 0.389. The molecule has 2 aromatic rings. The SMILES string of the molecule is NC(Cc1ccc(Cl)cc1Cl)c1ccccc1OC(F)F. The number of ether oxygens (including phenoxy) is 1. The van der Waals surface area contributed by atoms with Crippen molar-refractivity contribution < 1.29 is 13.5 Å². The zero-order chi connectivity index (χ0) is 15.4. The highest BCUT2D eigenvalue weighted by Gasteiger charge is 2.16. The average molecular weight is 332 g/mol. The molecule has 0 aliphatic heterocycles. The third-order valence-corrected chi connectivity index (χ3v) is 3.58. The van der Waals surface area contributed by atoms with Crippen molar-refractivity contribution in [3.8, 4) is 5.75 Å². The van der Waals surface area contributed by atoms with Gasteiger partial charge < -0.3 is 10.5 Å². The predicted molar refractivity (Wildman–Crippen MR) is 80.2 cm³/mol. The maximum absolute atomic E-state index is 12.4. The molecule has 0 radical (unpaired) electrons. The van der Waals surface area contributed by atoms with Crippen LogP contribution in [-0.4, -0.2) is 6.61 Å². The van der Waals surface area contributed by atoms with Crippen LogP contribution in [0.3, 0.4) is 0 Å². The zero-order valence-corrected chi connectivity index (χ0v) is 12.4. The summed E-state index contributed by atoms with van der Waals surface area (Å²) >= 11 is 11.9. The predicted octanol–water partition coefficient (Wildman–Crippen LogP) is 4.84. The molecule has 6 heteroatoms. The largest absolute Gasteiger partial charge is 0.434 e. The minimum atomic E-state index is -2.89. The number of rotatable bonds is 5. The van der Waals surface area contributed by atoms with Gasteiger partial charge in [0.25, 0.3) is 0 Å². The third kappa shape index (κ3) is 4.30. The summed E-state index contributed by atoms with van der Waals surface area (Å²) in [6.45, 7) is -2.89. The average Bonchev–Trinajstić information content (AvgIpc) is 2.42. The number of halogens is 4. The van der Waals surface area contributed by atoms with Crippen molar-refractivity contribution in [3.63, 3.8) is 0 Å². The molecule has 1 unspecified atom stereocenters. The van der Waals surface area contributed by atoms with E-state index in [0.717, 1.165) is 5.56 Å². The molecule has 2 N–H and O–H groups in total. The summed E-state index contributed by atoms with van der Waals surface area (Å²) in [5.41, 5.74) is 7.39. The van der Waals surface area contributed by atoms with Crippen molar-refractivity contribution in [2.75, 3.05) is 0 Å². The first kappa shape index (κ1) is 16.0. The van der Waals surface area contributed by atoms with Gasteiger partial charge in [0.15, 0.2) is 0 Å². The Labute approximate surface area is 131 Å². The number of alkyl halides is 2. The van der Waals surface area contributed by atoms with Gasteiger partial charge in [0, 0.05) is 21.7 Å². The molecule has 0 spiro atoms. The Bertz CT molecular complexity index is 622. The van der Waals surface area contributed by atoms with Crippen LogP contribution >= 0.6 is 23.2 Å². The summed E-state index contributed by atoms with van der Waals surface area (Å²) in [5.74, 6) is 0.0742. The lowest BCUT2D eigenvalue weighted by molar-refractivity contribution is -0.0506. The van der Waals surface area contributed by atoms with E-state index < -0.39 is 12.7 Å². The molecule has 1 atom stereocenters. The highest BCUT2D eigenvalue weighted by atomic mass is 35.5. The molecule has 21 heavy (non-hydrogen) atoms. The lowest BCUT2D eigenvalue weighted by Gasteiger charge is -2.17. The second-order valence-corrected chi connectivity index (χ2v) is 5.31. The number of nitrogens with two attached hydrogens (primary N) is 1. The topological polar surface area (TPSA) is 35.2 Å². The normalized spacial score (nSPS) is 12.5. The zero-order valence-electron chi connectivity index (χ0n) is 10.9. The van der Waals surface area contributed by atoms with E-state index in [2.05, 4.69) is 4.74 Å². The Balaban J connectivity index is 2.22. The Morgan fingerprint density at radius 2 is 1.81 bits per heavy atom. The van der Waals surface area contributed by atoms with Crippen molar-refractivity contribution in [2.45, 2.75) is 19.1 Å². The second-order valence-electron chi connectivity index (χ2n) is 4.46. The van der Waals surface area contributed by atoms with Crippen LogP contribution in [0.4, 0.5) is 8.78 Å². The van der Waals surface area contributed by atoms with Gasteiger partial charge >= 0.3 is 6.61 Å². The number of para-hydroxylation sites is 1. The molecular formula is C15H13Cl2F2NO. The van der Waals surface area contributed by atoms with Crippen LogP contribution < -0.4 is 10.5 Å². The smallest absolute Gasteiger partial charge is 0.387 e. The first-order chi connectivity index (χ1) is 9.97. The molecule has 0 fully saturated rings. The molecular weight excluding hydrogens is 319 g/mol. The highest BCUT2D eigenvalue weighted by Crippen LogP contribution is 2.30. The first-order valence-corrected chi connectivity index (χ1v) is 6.96. The molecule has 2 aromatic carbocycles. The van der Waals surface area contributed by atoms with Crippen LogP contribution in [0.1, 0.15) is 17.2 Å². The van der Waals surface area contributed by atoms with Gasteiger partial charge in [-0.3, -0.25) is 0 Å². The number of hydrogen-bond donors (Lipinski definition) is 1. The molecule has 2 nitrogen and oxygen atoms in total. The van der Waals surface area contributed by atoms with Gasteiger partial charge in [0.05, 0.1) is 0 Å². The first-order valence-electron chi connectivity index (χ1n) is 6.20. The van der Waals surface area contributed by atoms with E-state index in [1.54, 1.807) is 36.4 Å². The molecule has 2 rings (SSSR count). The molecule has 0 aliphatic carbocycles. The monoisotopic (exact) mass is 331 g/mol. The van der Waals surface area contributed by atoms with Crippen LogP contribution in [0.15, 0.2) is 42.5 Å². The van der Waals surface area contributed by atoms with Crippen LogP contribution in [0.5, 0.6) is 5.75 Å². The highest BCUT2D eigenvalue weighted by molar-refractivity contribution is 6.35. The fraction of sp³-hybridized carbons (Fsp3) is 0.200. The molecule has 0 heterocycles. The van der Waals surface area contributed by atoms with Gasteiger partial charge in [-0.05, 0) is 30.2 Å². The maximum Gasteiger partial charge on any atom is 0.387 e. The van der Waals surface area contributed by atoms with Crippen molar-refractivity contribution >= 4 is 23.2 Å². The summed E-state index contributed by atoms with van der Waals surface area (Å²) in [7, 11) is 0. The van der Waals surface area contributed by atoms with Crippen molar-refractivity contribution in [3.05, 3.63) is 63.6 Å². The van der Waals surface area contributed by atoms with E-state index >= 15 is 0 Å². The van der Waals surface area contributed by atoms with Crippen LogP contribution in [-0.2, 0) is 6.42 Å². The fourth-order valence-corrected chi connectivity index (χ4v) is 2.51. The van der Waals surface area contributed by atoms with Crippen LogP contribution in [0.2, 0.25) is 10.0 Å². The van der Waals surface area contributed by atoms with Crippen LogP contribution in [0.25, 0.3) is 0 Å². The lowest BCUT2D eigenvalue weighted by Crippen LogP contribution is -2.16.